The molecular weight excluding hydrogens is 388 g/mol. The van der Waals surface area contributed by atoms with Gasteiger partial charge in [-0.2, -0.15) is 0 Å². The van der Waals surface area contributed by atoms with E-state index >= 15 is 0 Å². The summed E-state index contributed by atoms with van der Waals surface area (Å²) >= 11 is 0. The molecule has 31 heavy (non-hydrogen) atoms. The van der Waals surface area contributed by atoms with Gasteiger partial charge in [-0.05, 0) is 68.0 Å². The smallest absolute Gasteiger partial charge is 0.321 e. The highest BCUT2D eigenvalue weighted by molar-refractivity contribution is 5.90. The lowest BCUT2D eigenvalue weighted by atomic mass is 9.97. The fourth-order valence-electron chi connectivity index (χ4n) is 4.43. The number of nitrogens with one attached hydrogen (secondary N) is 2. The number of anilines is 2. The molecule has 0 saturated carbocycles. The summed E-state index contributed by atoms with van der Waals surface area (Å²) in [5.41, 5.74) is 4.24. The Morgan fingerprint density at radius 2 is 1.77 bits per heavy atom. The number of hydrogen-bond acceptors (Lipinski definition) is 3. The van der Waals surface area contributed by atoms with Gasteiger partial charge in [-0.3, -0.25) is 4.79 Å². The molecule has 2 saturated heterocycles. The van der Waals surface area contributed by atoms with Crippen LogP contribution in [0.3, 0.4) is 0 Å². The summed E-state index contributed by atoms with van der Waals surface area (Å²) in [7, 11) is 0. The van der Waals surface area contributed by atoms with Gasteiger partial charge >= 0.3 is 6.03 Å². The lowest BCUT2D eigenvalue weighted by Gasteiger charge is -2.32. The average Bonchev–Trinajstić information content (AvgIpc) is 3.33. The van der Waals surface area contributed by atoms with Crippen molar-refractivity contribution in [3.63, 3.8) is 0 Å². The minimum atomic E-state index is -0.166. The number of carbonyl (C=O) groups is 2. The van der Waals surface area contributed by atoms with Gasteiger partial charge in [-0.25, -0.2) is 4.79 Å². The lowest BCUT2D eigenvalue weighted by Crippen LogP contribution is -2.46. The summed E-state index contributed by atoms with van der Waals surface area (Å²) in [4.78, 5) is 29.5. The first kappa shape index (κ1) is 21.2. The van der Waals surface area contributed by atoms with Crippen LogP contribution < -0.4 is 15.5 Å². The van der Waals surface area contributed by atoms with Gasteiger partial charge in [0.15, 0.2) is 0 Å². The number of aryl methyl sites for hydroxylation is 1. The second kappa shape index (κ2) is 9.86. The van der Waals surface area contributed by atoms with Crippen molar-refractivity contribution >= 4 is 23.3 Å². The van der Waals surface area contributed by atoms with Crippen molar-refractivity contribution in [3.05, 3.63) is 59.7 Å². The molecule has 2 aromatic carbocycles. The minimum absolute atomic E-state index is 0.0247. The van der Waals surface area contributed by atoms with Crippen LogP contribution in [0.1, 0.15) is 36.8 Å². The summed E-state index contributed by atoms with van der Waals surface area (Å²) < 4.78 is 0. The molecule has 0 spiro atoms. The van der Waals surface area contributed by atoms with Gasteiger partial charge in [-0.1, -0.05) is 24.3 Å². The van der Waals surface area contributed by atoms with Crippen LogP contribution in [-0.2, 0) is 11.3 Å². The maximum atomic E-state index is 12.7. The van der Waals surface area contributed by atoms with E-state index in [1.54, 1.807) is 4.90 Å². The van der Waals surface area contributed by atoms with Crippen molar-refractivity contribution in [2.45, 2.75) is 39.2 Å². The van der Waals surface area contributed by atoms with Crippen LogP contribution in [0, 0.1) is 12.8 Å². The van der Waals surface area contributed by atoms with Crippen LogP contribution in [0.5, 0.6) is 0 Å². The number of urea groups is 1. The van der Waals surface area contributed by atoms with Gasteiger partial charge < -0.3 is 20.4 Å². The molecule has 2 aromatic rings. The van der Waals surface area contributed by atoms with Crippen molar-refractivity contribution in [2.75, 3.05) is 36.4 Å². The molecule has 2 aliphatic rings. The number of piperidine rings is 1. The number of carbonyl (C=O) groups excluding carboxylic acids is 2. The Morgan fingerprint density at radius 1 is 1.00 bits per heavy atom. The highest BCUT2D eigenvalue weighted by Crippen LogP contribution is 2.21. The fourth-order valence-corrected chi connectivity index (χ4v) is 4.43. The third kappa shape index (κ3) is 5.57. The van der Waals surface area contributed by atoms with Crippen LogP contribution in [0.25, 0.3) is 0 Å². The first-order valence-corrected chi connectivity index (χ1v) is 11.3. The number of rotatable bonds is 5. The Labute approximate surface area is 184 Å². The van der Waals surface area contributed by atoms with Gasteiger partial charge in [0.1, 0.15) is 0 Å². The predicted molar refractivity (Wildman–Crippen MR) is 124 cm³/mol. The summed E-state index contributed by atoms with van der Waals surface area (Å²) in [6, 6.07) is 16.1. The molecule has 3 amide bonds. The van der Waals surface area contributed by atoms with Crippen molar-refractivity contribution < 1.29 is 9.59 Å². The molecule has 0 aromatic heterocycles. The molecule has 2 N–H and O–H groups in total. The molecule has 164 valence electrons. The summed E-state index contributed by atoms with van der Waals surface area (Å²) in [6.07, 6.45) is 4.18. The molecule has 2 fully saturated rings. The third-order valence-corrected chi connectivity index (χ3v) is 6.22. The zero-order valence-electron chi connectivity index (χ0n) is 18.3. The van der Waals surface area contributed by atoms with Gasteiger partial charge in [0, 0.05) is 44.1 Å². The molecule has 2 heterocycles. The summed E-state index contributed by atoms with van der Waals surface area (Å²) in [5.74, 6) is -0.141. The van der Waals surface area contributed by atoms with Crippen molar-refractivity contribution in [3.8, 4) is 0 Å². The van der Waals surface area contributed by atoms with Crippen LogP contribution in [-0.4, -0.2) is 43.0 Å². The summed E-state index contributed by atoms with van der Waals surface area (Å²) in [6.45, 7) is 5.91. The number of amides is 3. The van der Waals surface area contributed by atoms with E-state index in [-0.39, 0.29) is 17.9 Å². The maximum Gasteiger partial charge on any atom is 0.321 e. The average molecular weight is 421 g/mol. The largest absolute Gasteiger partial charge is 0.372 e. The van der Waals surface area contributed by atoms with E-state index in [1.807, 2.05) is 31.2 Å². The zero-order chi connectivity index (χ0) is 21.6. The molecule has 4 rings (SSSR count). The van der Waals surface area contributed by atoms with Crippen LogP contribution in [0.15, 0.2) is 48.5 Å². The molecule has 0 aliphatic carbocycles. The molecule has 0 radical (unpaired) electrons. The van der Waals surface area contributed by atoms with Gasteiger partial charge in [0.25, 0.3) is 0 Å². The van der Waals surface area contributed by atoms with Crippen molar-refractivity contribution in [2.24, 2.45) is 5.92 Å². The van der Waals surface area contributed by atoms with E-state index in [4.69, 9.17) is 0 Å². The molecule has 1 atom stereocenters. The minimum Gasteiger partial charge on any atom is -0.372 e. The van der Waals surface area contributed by atoms with Gasteiger partial charge in [0.05, 0.1) is 5.92 Å². The van der Waals surface area contributed by atoms with Crippen LogP contribution >= 0.6 is 0 Å². The van der Waals surface area contributed by atoms with Gasteiger partial charge in [-0.15, -0.1) is 0 Å². The van der Waals surface area contributed by atoms with Crippen LogP contribution in [0.2, 0.25) is 0 Å². The van der Waals surface area contributed by atoms with E-state index < -0.39 is 0 Å². The van der Waals surface area contributed by atoms with E-state index in [1.165, 1.54) is 18.5 Å². The van der Waals surface area contributed by atoms with E-state index in [2.05, 4.69) is 39.8 Å². The highest BCUT2D eigenvalue weighted by Gasteiger charge is 2.28. The molecular formula is C25H32N4O2. The van der Waals surface area contributed by atoms with E-state index in [0.717, 1.165) is 42.7 Å². The Kier molecular flexibility index (Phi) is 6.75. The second-order valence-electron chi connectivity index (χ2n) is 8.66. The molecule has 1 unspecified atom stereocenters. The molecule has 6 nitrogen and oxygen atoms in total. The van der Waals surface area contributed by atoms with Crippen molar-refractivity contribution in [1.82, 2.24) is 10.2 Å². The lowest BCUT2D eigenvalue weighted by molar-refractivity contribution is -0.126. The van der Waals surface area contributed by atoms with E-state index in [0.29, 0.717) is 19.6 Å². The van der Waals surface area contributed by atoms with Gasteiger partial charge in [0.2, 0.25) is 5.91 Å². The Balaban J connectivity index is 1.27. The normalized spacial score (nSPS) is 18.7. The first-order chi connectivity index (χ1) is 15.1. The summed E-state index contributed by atoms with van der Waals surface area (Å²) in [5, 5.41) is 6.01. The number of likely N-dealkylation sites (tertiary alicyclic amines) is 1. The first-order valence-electron chi connectivity index (χ1n) is 11.3. The molecule has 0 bridgehead atoms. The zero-order valence-corrected chi connectivity index (χ0v) is 18.3. The topological polar surface area (TPSA) is 64.7 Å². The molecule has 6 heteroatoms. The highest BCUT2D eigenvalue weighted by atomic mass is 16.2. The monoisotopic (exact) mass is 420 g/mol. The number of hydrogen-bond donors (Lipinski definition) is 2. The molecule has 2 aliphatic heterocycles. The van der Waals surface area contributed by atoms with Crippen LogP contribution in [0.4, 0.5) is 16.2 Å². The van der Waals surface area contributed by atoms with E-state index in [9.17, 15) is 9.59 Å². The fraction of sp³-hybridized carbons (Fsp3) is 0.440. The van der Waals surface area contributed by atoms with Crippen molar-refractivity contribution in [1.29, 1.82) is 0 Å². The Bertz CT molecular complexity index is 906. The Morgan fingerprint density at radius 3 is 2.52 bits per heavy atom. The standard InChI is InChI=1S/C25H32N4O2/c1-19-6-4-8-22(16-19)27-25(31)29-15-5-7-21(18-29)24(30)26-17-20-9-11-23(12-10-20)28-13-2-3-14-28/h4,6,8-12,16,21H,2-3,5,7,13-15,17-18H2,1H3,(H,26,30)(H,27,31). The quantitative estimate of drug-likeness (QED) is 0.764. The SMILES string of the molecule is Cc1cccc(NC(=O)N2CCCC(C(=O)NCc3ccc(N4CCCC4)cc3)C2)c1. The number of benzene rings is 2. The second-order valence-corrected chi connectivity index (χ2v) is 8.66. The Hall–Kier alpha value is -3.02. The third-order valence-electron chi connectivity index (χ3n) is 6.22. The number of nitrogens with zero attached hydrogens (tertiary/aromatic N) is 2. The predicted octanol–water partition coefficient (Wildman–Crippen LogP) is 4.16. The maximum absolute atomic E-state index is 12.7.